The van der Waals surface area contributed by atoms with Crippen LogP contribution in [-0.2, 0) is 12.8 Å². The van der Waals surface area contributed by atoms with Gasteiger partial charge < -0.3 is 0 Å². The normalized spacial score (nSPS) is 13.2. The van der Waals surface area contributed by atoms with Crippen LogP contribution in [0, 0.1) is 0 Å². The lowest BCUT2D eigenvalue weighted by Crippen LogP contribution is -2.31. The van der Waals surface area contributed by atoms with E-state index in [0.29, 0.717) is 12.1 Å². The van der Waals surface area contributed by atoms with Crippen molar-refractivity contribution in [3.8, 4) is 5.69 Å². The number of rotatable bonds is 5. The maximum Gasteiger partial charge on any atom is 0.260 e. The molecule has 0 atom stereocenters. The van der Waals surface area contributed by atoms with Crippen LogP contribution in [0.15, 0.2) is 43.2 Å². The lowest BCUT2D eigenvalue weighted by atomic mass is 10.0. The molecule has 1 aromatic carbocycles. The molecule has 1 aliphatic rings. The Morgan fingerprint density at radius 1 is 1.35 bits per heavy atom. The van der Waals surface area contributed by atoms with Gasteiger partial charge in [0.25, 0.3) is 5.91 Å². The molecule has 0 saturated carbocycles. The number of hydrogen-bond donors (Lipinski definition) is 0. The van der Waals surface area contributed by atoms with E-state index in [1.807, 2.05) is 12.1 Å². The van der Waals surface area contributed by atoms with Crippen molar-refractivity contribution in [1.29, 1.82) is 0 Å². The number of carbonyl (C=O) groups is 1. The molecule has 2 heterocycles. The Labute approximate surface area is 155 Å². The highest BCUT2D eigenvalue weighted by molar-refractivity contribution is 7.16. The predicted molar refractivity (Wildman–Crippen MR) is 99.8 cm³/mol. The van der Waals surface area contributed by atoms with Gasteiger partial charge in [-0.1, -0.05) is 12.1 Å². The first-order valence-corrected chi connectivity index (χ1v) is 9.32. The average Bonchev–Trinajstić information content (AvgIpc) is 3.35. The highest BCUT2D eigenvalue weighted by Gasteiger charge is 2.23. The first-order chi connectivity index (χ1) is 12.8. The third-order valence-electron chi connectivity index (χ3n) is 4.33. The third kappa shape index (κ3) is 3.15. The van der Waals surface area contributed by atoms with Crippen molar-refractivity contribution < 1.29 is 4.79 Å². The van der Waals surface area contributed by atoms with Crippen LogP contribution in [0.3, 0.4) is 0 Å². The summed E-state index contributed by atoms with van der Waals surface area (Å²) >= 11 is 1.62. The standard InChI is InChI=1S/C18H18N6OS/c1-2-10-23(18-20-15-8-3-4-9-16(15)26-18)17(25)13-6-5-7-14(11-13)24-12-19-21-22-24/h2,5-7,11-12H,1,3-4,8-10H2. The second-order valence-corrected chi connectivity index (χ2v) is 7.14. The fraction of sp³-hybridized carbons (Fsp3) is 0.278. The lowest BCUT2D eigenvalue weighted by Gasteiger charge is -2.18. The summed E-state index contributed by atoms with van der Waals surface area (Å²) in [5, 5.41) is 11.9. The zero-order valence-electron chi connectivity index (χ0n) is 14.2. The fourth-order valence-electron chi connectivity index (χ4n) is 3.05. The number of thiazole rings is 1. The van der Waals surface area contributed by atoms with Gasteiger partial charge in [-0.15, -0.1) is 23.0 Å². The number of amides is 1. The topological polar surface area (TPSA) is 76.8 Å². The van der Waals surface area contributed by atoms with E-state index in [-0.39, 0.29) is 5.91 Å². The second kappa shape index (κ2) is 7.17. The quantitative estimate of drug-likeness (QED) is 0.649. The van der Waals surface area contributed by atoms with Gasteiger partial charge in [-0.25, -0.2) is 9.67 Å². The number of aromatic nitrogens is 5. The van der Waals surface area contributed by atoms with E-state index in [1.54, 1.807) is 34.4 Å². The Kier molecular flexibility index (Phi) is 4.57. The van der Waals surface area contributed by atoms with Gasteiger partial charge in [-0.05, 0) is 54.3 Å². The average molecular weight is 366 g/mol. The van der Waals surface area contributed by atoms with E-state index in [4.69, 9.17) is 4.98 Å². The minimum atomic E-state index is -0.106. The first kappa shape index (κ1) is 16.6. The molecule has 0 bridgehead atoms. The van der Waals surface area contributed by atoms with Crippen molar-refractivity contribution in [3.63, 3.8) is 0 Å². The fourth-order valence-corrected chi connectivity index (χ4v) is 4.20. The Morgan fingerprint density at radius 3 is 3.00 bits per heavy atom. The largest absolute Gasteiger partial charge is 0.280 e. The van der Waals surface area contributed by atoms with Crippen LogP contribution >= 0.6 is 11.3 Å². The summed E-state index contributed by atoms with van der Waals surface area (Å²) < 4.78 is 1.52. The molecule has 1 aliphatic carbocycles. The lowest BCUT2D eigenvalue weighted by molar-refractivity contribution is 0.0989. The van der Waals surface area contributed by atoms with Gasteiger partial charge in [0.15, 0.2) is 5.13 Å². The zero-order valence-corrected chi connectivity index (χ0v) is 15.0. The molecule has 0 N–H and O–H groups in total. The molecule has 0 saturated heterocycles. The van der Waals surface area contributed by atoms with Crippen LogP contribution in [0.4, 0.5) is 5.13 Å². The molecule has 0 radical (unpaired) electrons. The molecular weight excluding hydrogens is 348 g/mol. The number of tetrazole rings is 1. The number of benzene rings is 1. The maximum absolute atomic E-state index is 13.2. The minimum Gasteiger partial charge on any atom is -0.280 e. The smallest absolute Gasteiger partial charge is 0.260 e. The van der Waals surface area contributed by atoms with Crippen LogP contribution in [0.25, 0.3) is 5.69 Å². The SMILES string of the molecule is C=CCN(C(=O)c1cccc(-n2cnnn2)c1)c1nc2c(s1)CCCC2. The molecule has 2 aromatic heterocycles. The van der Waals surface area contributed by atoms with Crippen molar-refractivity contribution in [3.05, 3.63) is 59.4 Å². The highest BCUT2D eigenvalue weighted by Crippen LogP contribution is 2.32. The molecule has 1 amide bonds. The Morgan fingerprint density at radius 2 is 2.23 bits per heavy atom. The van der Waals surface area contributed by atoms with Crippen molar-refractivity contribution in [1.82, 2.24) is 25.2 Å². The van der Waals surface area contributed by atoms with Crippen molar-refractivity contribution in [2.24, 2.45) is 0 Å². The van der Waals surface area contributed by atoms with Gasteiger partial charge in [0.05, 0.1) is 11.4 Å². The van der Waals surface area contributed by atoms with E-state index in [0.717, 1.165) is 29.4 Å². The molecule has 7 nitrogen and oxygen atoms in total. The van der Waals surface area contributed by atoms with Crippen molar-refractivity contribution in [2.75, 3.05) is 11.4 Å². The van der Waals surface area contributed by atoms with Crippen LogP contribution in [0.5, 0.6) is 0 Å². The Bertz CT molecular complexity index is 910. The third-order valence-corrected chi connectivity index (χ3v) is 5.51. The summed E-state index contributed by atoms with van der Waals surface area (Å²) in [4.78, 5) is 20.9. The molecule has 3 aromatic rings. The van der Waals surface area contributed by atoms with Gasteiger partial charge in [0.1, 0.15) is 6.33 Å². The van der Waals surface area contributed by atoms with Crippen LogP contribution in [-0.4, -0.2) is 37.6 Å². The van der Waals surface area contributed by atoms with Gasteiger partial charge >= 0.3 is 0 Å². The molecule has 0 fully saturated rings. The number of nitrogens with zero attached hydrogens (tertiary/aromatic N) is 6. The predicted octanol–water partition coefficient (Wildman–Crippen LogP) is 2.83. The molecular formula is C18H18N6OS. The molecule has 0 spiro atoms. The summed E-state index contributed by atoms with van der Waals surface area (Å²) in [5.74, 6) is -0.106. The highest BCUT2D eigenvalue weighted by atomic mass is 32.1. The Hall–Kier alpha value is -2.87. The van der Waals surface area contributed by atoms with Gasteiger partial charge in [0, 0.05) is 17.0 Å². The van der Waals surface area contributed by atoms with Crippen LogP contribution in [0.2, 0.25) is 0 Å². The molecule has 132 valence electrons. The maximum atomic E-state index is 13.2. The first-order valence-electron chi connectivity index (χ1n) is 8.51. The van der Waals surface area contributed by atoms with E-state index in [1.165, 1.54) is 28.7 Å². The summed E-state index contributed by atoms with van der Waals surface area (Å²) in [7, 11) is 0. The van der Waals surface area contributed by atoms with Crippen molar-refractivity contribution >= 4 is 22.4 Å². The monoisotopic (exact) mass is 366 g/mol. The molecule has 0 aliphatic heterocycles. The second-order valence-electron chi connectivity index (χ2n) is 6.08. The Balaban J connectivity index is 1.66. The van der Waals surface area contributed by atoms with E-state index in [9.17, 15) is 4.79 Å². The number of anilines is 1. The summed E-state index contributed by atoms with van der Waals surface area (Å²) in [6.07, 6.45) is 7.63. The number of fused-ring (bicyclic) bond motifs is 1. The summed E-state index contributed by atoms with van der Waals surface area (Å²) in [5.41, 5.74) is 2.44. The summed E-state index contributed by atoms with van der Waals surface area (Å²) in [6, 6.07) is 7.25. The number of hydrogen-bond acceptors (Lipinski definition) is 6. The van der Waals surface area contributed by atoms with Gasteiger partial charge in [-0.2, -0.15) is 0 Å². The number of carbonyl (C=O) groups excluding carboxylic acids is 1. The molecule has 8 heteroatoms. The van der Waals surface area contributed by atoms with Gasteiger partial charge in [0.2, 0.25) is 0 Å². The van der Waals surface area contributed by atoms with E-state index >= 15 is 0 Å². The van der Waals surface area contributed by atoms with Crippen LogP contribution in [0.1, 0.15) is 33.8 Å². The molecule has 4 rings (SSSR count). The van der Waals surface area contributed by atoms with Gasteiger partial charge in [-0.3, -0.25) is 9.69 Å². The van der Waals surface area contributed by atoms with Crippen LogP contribution < -0.4 is 4.90 Å². The molecule has 26 heavy (non-hydrogen) atoms. The van der Waals surface area contributed by atoms with E-state index < -0.39 is 0 Å². The van der Waals surface area contributed by atoms with Crippen molar-refractivity contribution in [2.45, 2.75) is 25.7 Å². The number of aryl methyl sites for hydroxylation is 2. The summed E-state index contributed by atoms with van der Waals surface area (Å²) in [6.45, 7) is 4.21. The van der Waals surface area contributed by atoms with E-state index in [2.05, 4.69) is 22.1 Å². The molecule has 0 unspecified atom stereocenters. The minimum absolute atomic E-state index is 0.106. The zero-order chi connectivity index (χ0) is 17.9.